The van der Waals surface area contributed by atoms with Crippen LogP contribution in [-0.2, 0) is 0 Å². The third-order valence-corrected chi connectivity index (χ3v) is 1.08. The van der Waals surface area contributed by atoms with Crippen molar-refractivity contribution in [1.29, 1.82) is 0 Å². The van der Waals surface area contributed by atoms with Gasteiger partial charge >= 0.3 is 0 Å². The Morgan fingerprint density at radius 2 is 2.50 bits per heavy atom. The molecule has 1 aromatic heterocycles. The van der Waals surface area contributed by atoms with Crippen molar-refractivity contribution in [3.63, 3.8) is 0 Å². The maximum Gasteiger partial charge on any atom is 0.278 e. The van der Waals surface area contributed by atoms with E-state index >= 15 is 0 Å². The summed E-state index contributed by atoms with van der Waals surface area (Å²) < 4.78 is 3.69. The number of rotatable bonds is 0. The zero-order chi connectivity index (χ0) is 4.41. The molecule has 1 heterocycles. The van der Waals surface area contributed by atoms with Crippen LogP contribution in [0.4, 0.5) is 0 Å². The maximum absolute atomic E-state index is 5.22. The molecule has 0 fully saturated rings. The lowest BCUT2D eigenvalue weighted by Crippen LogP contribution is -1.75. The fraction of sp³-hybridized carbons (Fsp3) is 0. The quantitative estimate of drug-likeness (QED) is 0.467. The molecule has 0 aromatic carbocycles. The molecule has 2 N–H and O–H groups in total. The van der Waals surface area contributed by atoms with Gasteiger partial charge in [0.15, 0.2) is 6.33 Å². The maximum atomic E-state index is 5.22. The minimum Gasteiger partial charge on any atom is -0.184 e. The van der Waals surface area contributed by atoms with E-state index in [1.54, 1.807) is 5.51 Å². The highest BCUT2D eigenvalue weighted by molar-refractivity contribution is 7.24. The van der Waals surface area contributed by atoms with Gasteiger partial charge in [-0.25, -0.2) is 0 Å². The van der Waals surface area contributed by atoms with Crippen molar-refractivity contribution in [3.05, 3.63) is 11.8 Å². The second-order valence-corrected chi connectivity index (χ2v) is 1.94. The molecule has 0 aliphatic rings. The fourth-order valence-electron chi connectivity index (χ4n) is 0.198. The Kier molecular flexibility index (Phi) is 0.813. The Morgan fingerprint density at radius 1 is 1.67 bits per heavy atom. The van der Waals surface area contributed by atoms with E-state index in [-0.39, 0.29) is 0 Å². The molecule has 0 radical (unpaired) electrons. The molecule has 1 atom stereocenters. The molecule has 0 aliphatic heterocycles. The molecule has 0 saturated carbocycles. The van der Waals surface area contributed by atoms with Crippen LogP contribution in [0.15, 0.2) is 11.8 Å². The summed E-state index contributed by atoms with van der Waals surface area (Å²) in [4.78, 5) is 3.64. The summed E-state index contributed by atoms with van der Waals surface area (Å²) in [5.41, 5.74) is 1.61. The van der Waals surface area contributed by atoms with Gasteiger partial charge in [0.2, 0.25) is 10.9 Å². The van der Waals surface area contributed by atoms with E-state index in [4.69, 9.17) is 5.14 Å². The highest BCUT2D eigenvalue weighted by atomic mass is 32.2. The largest absolute Gasteiger partial charge is 0.278 e. The van der Waals surface area contributed by atoms with E-state index in [1.807, 2.05) is 0 Å². The topological polar surface area (TPSA) is 51.8 Å². The Balaban J connectivity index is 3.05. The molecule has 1 aromatic rings. The van der Waals surface area contributed by atoms with Gasteiger partial charge in [0.05, 0.1) is 0 Å². The minimum atomic E-state index is -0.395. The molecule has 1 unspecified atom stereocenters. The van der Waals surface area contributed by atoms with Crippen LogP contribution in [0.5, 0.6) is 0 Å². The summed E-state index contributed by atoms with van der Waals surface area (Å²) >= 11 is 0. The second-order valence-electron chi connectivity index (χ2n) is 0.822. The second kappa shape index (κ2) is 1.32. The lowest BCUT2D eigenvalue weighted by molar-refractivity contribution is 1.33. The van der Waals surface area contributed by atoms with Crippen LogP contribution >= 0.6 is 10.9 Å². The molecule has 4 heteroatoms. The minimum absolute atomic E-state index is 0.395. The molecule has 3 nitrogen and oxygen atoms in total. The van der Waals surface area contributed by atoms with Crippen LogP contribution in [0.2, 0.25) is 0 Å². The van der Waals surface area contributed by atoms with Gasteiger partial charge in [0, 0.05) is 0 Å². The molecular weight excluding hydrogens is 98.1 g/mol. The first-order valence-electron chi connectivity index (χ1n) is 1.43. The lowest BCUT2D eigenvalue weighted by Gasteiger charge is -1.50. The molecule has 32 valence electrons. The number of nitrogens with zero attached hydrogens (tertiary/aromatic N) is 2. The molecular formula is C2H4N3S+. The van der Waals surface area contributed by atoms with Gasteiger partial charge in [-0.1, -0.05) is 0 Å². The predicted molar refractivity (Wildman–Crippen MR) is 24.7 cm³/mol. The molecule has 0 bridgehead atoms. The van der Waals surface area contributed by atoms with E-state index in [9.17, 15) is 0 Å². The molecule has 0 aliphatic carbocycles. The van der Waals surface area contributed by atoms with Crippen LogP contribution < -0.4 is 5.14 Å². The molecule has 1 rings (SSSR count). The van der Waals surface area contributed by atoms with Crippen molar-refractivity contribution in [3.8, 4) is 0 Å². The van der Waals surface area contributed by atoms with E-state index in [2.05, 4.69) is 9.36 Å². The van der Waals surface area contributed by atoms with Crippen molar-refractivity contribution in [2.45, 2.75) is 0 Å². The average Bonchev–Trinajstić information content (AvgIpc) is 1.86. The van der Waals surface area contributed by atoms with Crippen LogP contribution in [0, 0.1) is 0 Å². The van der Waals surface area contributed by atoms with Crippen LogP contribution in [0.3, 0.4) is 0 Å². The average molecular weight is 102 g/mol. The Labute approximate surface area is 38.1 Å². The summed E-state index contributed by atoms with van der Waals surface area (Å²) in [5.74, 6) is 0. The first-order valence-corrected chi connectivity index (χ1v) is 2.74. The summed E-state index contributed by atoms with van der Waals surface area (Å²) in [7, 11) is -0.395. The Morgan fingerprint density at radius 3 is 2.67 bits per heavy atom. The Bertz CT molecular complexity index is 112. The van der Waals surface area contributed by atoms with Gasteiger partial charge in [0.1, 0.15) is 0 Å². The number of hydrogen-bond acceptors (Lipinski definition) is 3. The summed E-state index contributed by atoms with van der Waals surface area (Å²) in [6.45, 7) is 0. The fourth-order valence-corrected chi connectivity index (χ4v) is 0.595. The number of nitrogen functional groups attached to an aromatic ring is 1. The highest BCUT2D eigenvalue weighted by Crippen LogP contribution is 1.92. The highest BCUT2D eigenvalue weighted by Gasteiger charge is 1.89. The molecule has 0 amide bonds. The molecule has 0 spiro atoms. The van der Waals surface area contributed by atoms with E-state index in [0.29, 0.717) is 0 Å². The monoisotopic (exact) mass is 102 g/mol. The summed E-state index contributed by atoms with van der Waals surface area (Å²) in [6.07, 6.45) is 1.46. The van der Waals surface area contributed by atoms with Crippen molar-refractivity contribution >= 4 is 10.9 Å². The van der Waals surface area contributed by atoms with Gasteiger partial charge in [-0.05, 0) is 4.37 Å². The van der Waals surface area contributed by atoms with Crippen molar-refractivity contribution in [2.24, 2.45) is 0 Å². The SMILES string of the molecule is N[s+]1cncn1. The van der Waals surface area contributed by atoms with Gasteiger partial charge in [-0.2, -0.15) is 4.98 Å². The lowest BCUT2D eigenvalue weighted by atomic mass is 11.4. The van der Waals surface area contributed by atoms with Crippen LogP contribution in [-0.4, -0.2) is 9.36 Å². The van der Waals surface area contributed by atoms with E-state index in [0.717, 1.165) is 0 Å². The van der Waals surface area contributed by atoms with Crippen LogP contribution in [0.1, 0.15) is 0 Å². The summed E-state index contributed by atoms with van der Waals surface area (Å²) in [5, 5.41) is 5.22. The van der Waals surface area contributed by atoms with Crippen molar-refractivity contribution < 1.29 is 0 Å². The predicted octanol–water partition coefficient (Wildman–Crippen LogP) is -0.0605. The number of nitrogens with two attached hydrogens (primary N) is 1. The zero-order valence-electron chi connectivity index (χ0n) is 3.03. The van der Waals surface area contributed by atoms with Gasteiger partial charge in [0.25, 0.3) is 5.51 Å². The van der Waals surface area contributed by atoms with Crippen LogP contribution in [0.25, 0.3) is 0 Å². The third kappa shape index (κ3) is 0.526. The van der Waals surface area contributed by atoms with E-state index in [1.165, 1.54) is 6.33 Å². The van der Waals surface area contributed by atoms with Gasteiger partial charge < -0.3 is 0 Å². The van der Waals surface area contributed by atoms with Gasteiger partial charge in [-0.3, -0.25) is 0 Å². The number of aromatic nitrogens is 2. The van der Waals surface area contributed by atoms with Crippen molar-refractivity contribution in [2.75, 3.05) is 5.14 Å². The number of hydrogen-bond donors (Lipinski definition) is 1. The van der Waals surface area contributed by atoms with Gasteiger partial charge in [-0.15, -0.1) is 5.14 Å². The standard InChI is InChI=1S/C2H3N3S/c3-6-2-4-1-5-6/h1-3H/p+1. The zero-order valence-corrected chi connectivity index (χ0v) is 3.85. The summed E-state index contributed by atoms with van der Waals surface area (Å²) in [6, 6.07) is 0. The Hall–Kier alpha value is -0.480. The normalized spacial score (nSPS) is 11.8. The first kappa shape index (κ1) is 3.70. The van der Waals surface area contributed by atoms with E-state index < -0.39 is 10.9 Å². The molecule has 0 saturated heterocycles. The first-order chi connectivity index (χ1) is 2.89. The smallest absolute Gasteiger partial charge is 0.184 e. The van der Waals surface area contributed by atoms with Crippen molar-refractivity contribution in [1.82, 2.24) is 9.36 Å². The molecule has 6 heavy (non-hydrogen) atoms. The third-order valence-electron chi connectivity index (χ3n) is 0.404.